The molecular weight excluding hydrogens is 132 g/mol. The maximum atomic E-state index is 8.69. The van der Waals surface area contributed by atoms with Gasteiger partial charge in [0, 0.05) is 0 Å². The fourth-order valence-electron chi connectivity index (χ4n) is 0.472. The Morgan fingerprint density at radius 3 is 2.40 bits per heavy atom. The Morgan fingerprint density at radius 2 is 2.10 bits per heavy atom. The molecule has 0 aromatic heterocycles. The van der Waals surface area contributed by atoms with Gasteiger partial charge in [0.05, 0.1) is 6.17 Å². The summed E-state index contributed by atoms with van der Waals surface area (Å²) in [5.41, 5.74) is 10.6. The van der Waals surface area contributed by atoms with E-state index >= 15 is 0 Å². The summed E-state index contributed by atoms with van der Waals surface area (Å²) < 4.78 is 0. The smallest absolute Gasteiger partial charge is 0.192 e. The molecule has 2 atom stereocenters. The van der Waals surface area contributed by atoms with Crippen LogP contribution in [0.3, 0.4) is 0 Å². The van der Waals surface area contributed by atoms with Crippen LogP contribution in [0.15, 0.2) is 4.99 Å². The molecule has 0 fully saturated rings. The van der Waals surface area contributed by atoms with Gasteiger partial charge in [0.1, 0.15) is 6.23 Å². The van der Waals surface area contributed by atoms with Crippen LogP contribution in [0.4, 0.5) is 0 Å². The molecular formula is C5H14N4O. The number of hydrogen-bond donors (Lipinski definition) is 4. The zero-order chi connectivity index (χ0) is 8.15. The molecule has 0 aliphatic rings. The van der Waals surface area contributed by atoms with Crippen molar-refractivity contribution in [2.24, 2.45) is 16.5 Å². The minimum Gasteiger partial charge on any atom is -0.372 e. The highest BCUT2D eigenvalue weighted by molar-refractivity contribution is 5.78. The largest absolute Gasteiger partial charge is 0.372 e. The van der Waals surface area contributed by atoms with E-state index in [2.05, 4.69) is 10.3 Å². The maximum absolute atomic E-state index is 8.69. The normalized spacial score (nSPS) is 18.2. The van der Waals surface area contributed by atoms with Gasteiger partial charge in [-0.2, -0.15) is 0 Å². The molecule has 0 heterocycles. The lowest BCUT2D eigenvalue weighted by Gasteiger charge is -2.08. The molecule has 10 heavy (non-hydrogen) atoms. The van der Waals surface area contributed by atoms with E-state index in [1.54, 1.807) is 6.92 Å². The van der Waals surface area contributed by atoms with Gasteiger partial charge in [-0.05, 0) is 13.8 Å². The molecule has 0 amide bonds. The summed E-state index contributed by atoms with van der Waals surface area (Å²) in [4.78, 5) is 3.58. The van der Waals surface area contributed by atoms with Crippen LogP contribution in [0.2, 0.25) is 0 Å². The molecule has 2 unspecified atom stereocenters. The summed E-state index contributed by atoms with van der Waals surface area (Å²) >= 11 is 0. The number of aliphatic hydroxyl groups is 1. The predicted octanol–water partition coefficient (Wildman–Crippen LogP) is -1.47. The van der Waals surface area contributed by atoms with E-state index in [0.29, 0.717) is 0 Å². The molecule has 0 aliphatic carbocycles. The first-order chi connectivity index (χ1) is 4.52. The fourth-order valence-corrected chi connectivity index (χ4v) is 0.472. The van der Waals surface area contributed by atoms with Crippen molar-refractivity contribution >= 4 is 5.96 Å². The zero-order valence-electron chi connectivity index (χ0n) is 6.20. The number of nitrogens with two attached hydrogens (primary N) is 2. The number of aliphatic imine (C=N–C) groups is 1. The van der Waals surface area contributed by atoms with Gasteiger partial charge in [-0.3, -0.25) is 0 Å². The minimum absolute atomic E-state index is 0.157. The molecule has 0 rings (SSSR count). The lowest BCUT2D eigenvalue weighted by atomic mass is 10.6. The van der Waals surface area contributed by atoms with Gasteiger partial charge in [0.2, 0.25) is 0 Å². The van der Waals surface area contributed by atoms with Crippen molar-refractivity contribution in [1.29, 1.82) is 0 Å². The van der Waals surface area contributed by atoms with Crippen molar-refractivity contribution in [2.45, 2.75) is 26.2 Å². The standard InChI is InChI=1S/C5H14N4O/c1-3(6)8-5(7)9-4(2)10/h3-4,10H,6H2,1-2H3,(H3,7,8,9). The van der Waals surface area contributed by atoms with E-state index in [1.807, 2.05) is 0 Å². The average molecular weight is 146 g/mol. The maximum Gasteiger partial charge on any atom is 0.192 e. The van der Waals surface area contributed by atoms with E-state index in [-0.39, 0.29) is 12.1 Å². The van der Waals surface area contributed by atoms with Gasteiger partial charge in [-0.15, -0.1) is 0 Å². The van der Waals surface area contributed by atoms with Crippen LogP contribution in [0, 0.1) is 0 Å². The van der Waals surface area contributed by atoms with Crippen LogP contribution >= 0.6 is 0 Å². The molecule has 5 heteroatoms. The van der Waals surface area contributed by atoms with E-state index in [9.17, 15) is 0 Å². The monoisotopic (exact) mass is 146 g/mol. The van der Waals surface area contributed by atoms with Gasteiger partial charge < -0.3 is 21.9 Å². The third-order valence-electron chi connectivity index (χ3n) is 0.701. The molecule has 6 N–H and O–H groups in total. The summed E-state index contributed by atoms with van der Waals surface area (Å²) in [6.07, 6.45) is -1.03. The van der Waals surface area contributed by atoms with Crippen LogP contribution in [0.1, 0.15) is 13.8 Å². The van der Waals surface area contributed by atoms with Crippen LogP contribution in [-0.2, 0) is 0 Å². The number of hydrogen-bond acceptors (Lipinski definition) is 3. The van der Waals surface area contributed by atoms with Gasteiger partial charge >= 0.3 is 0 Å². The summed E-state index contributed by atoms with van der Waals surface area (Å²) in [5, 5.41) is 11.3. The second-order valence-electron chi connectivity index (χ2n) is 2.08. The number of nitrogens with zero attached hydrogens (tertiary/aromatic N) is 1. The summed E-state index contributed by atoms with van der Waals surface area (Å²) in [7, 11) is 0. The molecule has 0 saturated heterocycles. The third kappa shape index (κ3) is 5.33. The van der Waals surface area contributed by atoms with Gasteiger partial charge in [0.25, 0.3) is 0 Å². The number of rotatable bonds is 2. The first kappa shape index (κ1) is 9.19. The molecule has 60 valence electrons. The van der Waals surface area contributed by atoms with Crippen LogP contribution < -0.4 is 16.8 Å². The molecule has 5 nitrogen and oxygen atoms in total. The SMILES string of the molecule is CC(O)N=C(N)NC(C)N. The second-order valence-corrected chi connectivity index (χ2v) is 2.08. The first-order valence-electron chi connectivity index (χ1n) is 3.06. The number of aliphatic hydroxyl groups excluding tert-OH is 1. The Hall–Kier alpha value is -0.810. The predicted molar refractivity (Wildman–Crippen MR) is 40.1 cm³/mol. The highest BCUT2D eigenvalue weighted by Crippen LogP contribution is 1.79. The van der Waals surface area contributed by atoms with Gasteiger partial charge in [0.15, 0.2) is 5.96 Å². The molecule has 0 aliphatic heterocycles. The highest BCUT2D eigenvalue weighted by atomic mass is 16.3. The molecule has 0 saturated carbocycles. The topological polar surface area (TPSA) is 96.7 Å². The zero-order valence-corrected chi connectivity index (χ0v) is 6.20. The lowest BCUT2D eigenvalue weighted by Crippen LogP contribution is -2.43. The Labute approximate surface area is 60.1 Å². The van der Waals surface area contributed by atoms with Crippen molar-refractivity contribution in [1.82, 2.24) is 5.32 Å². The Balaban J connectivity index is 3.71. The summed E-state index contributed by atoms with van der Waals surface area (Å²) in [6.45, 7) is 3.24. The quantitative estimate of drug-likeness (QED) is 0.217. The number of nitrogens with one attached hydrogen (secondary N) is 1. The van der Waals surface area contributed by atoms with Crippen LogP contribution in [-0.4, -0.2) is 23.5 Å². The van der Waals surface area contributed by atoms with Gasteiger partial charge in [-0.25, -0.2) is 4.99 Å². The molecule has 0 radical (unpaired) electrons. The highest BCUT2D eigenvalue weighted by Gasteiger charge is 1.95. The van der Waals surface area contributed by atoms with E-state index in [1.165, 1.54) is 6.92 Å². The lowest BCUT2D eigenvalue weighted by molar-refractivity contribution is 0.205. The summed E-state index contributed by atoms with van der Waals surface area (Å²) in [6, 6.07) is 0. The Morgan fingerprint density at radius 1 is 1.60 bits per heavy atom. The summed E-state index contributed by atoms with van der Waals surface area (Å²) in [5.74, 6) is 0.157. The Kier molecular flexibility index (Phi) is 3.75. The van der Waals surface area contributed by atoms with E-state index in [4.69, 9.17) is 16.6 Å². The van der Waals surface area contributed by atoms with Crippen molar-refractivity contribution in [2.75, 3.05) is 0 Å². The molecule has 0 aromatic carbocycles. The van der Waals surface area contributed by atoms with Crippen molar-refractivity contribution in [3.8, 4) is 0 Å². The van der Waals surface area contributed by atoms with Crippen LogP contribution in [0.25, 0.3) is 0 Å². The minimum atomic E-state index is -0.786. The fraction of sp³-hybridized carbons (Fsp3) is 0.800. The number of guanidine groups is 1. The van der Waals surface area contributed by atoms with Crippen molar-refractivity contribution in [3.63, 3.8) is 0 Å². The molecule has 0 bridgehead atoms. The third-order valence-corrected chi connectivity index (χ3v) is 0.701. The van der Waals surface area contributed by atoms with Crippen molar-refractivity contribution < 1.29 is 5.11 Å². The van der Waals surface area contributed by atoms with Crippen molar-refractivity contribution in [3.05, 3.63) is 0 Å². The van der Waals surface area contributed by atoms with E-state index < -0.39 is 6.23 Å². The average Bonchev–Trinajstić information content (AvgIpc) is 1.58. The first-order valence-corrected chi connectivity index (χ1v) is 3.06. The van der Waals surface area contributed by atoms with Gasteiger partial charge in [-0.1, -0.05) is 0 Å². The van der Waals surface area contributed by atoms with Crippen LogP contribution in [0.5, 0.6) is 0 Å². The Bertz CT molecular complexity index is 121. The van der Waals surface area contributed by atoms with E-state index in [0.717, 1.165) is 0 Å². The molecule has 0 spiro atoms. The molecule has 0 aromatic rings. The second kappa shape index (κ2) is 4.08.